The summed E-state index contributed by atoms with van der Waals surface area (Å²) in [6.07, 6.45) is 3.05. The average molecular weight is 369 g/mol. The fraction of sp³-hybridized carbons (Fsp3) is 0.375. The van der Waals surface area contributed by atoms with Crippen molar-refractivity contribution in [2.45, 2.75) is 31.7 Å². The summed E-state index contributed by atoms with van der Waals surface area (Å²) in [7, 11) is -3.44. The molecule has 1 atom stereocenters. The fourth-order valence-corrected chi connectivity index (χ4v) is 3.96. The number of sulfonamides is 1. The van der Waals surface area contributed by atoms with Gasteiger partial charge >= 0.3 is 0 Å². The van der Waals surface area contributed by atoms with Gasteiger partial charge in [-0.05, 0) is 24.6 Å². The van der Waals surface area contributed by atoms with Crippen LogP contribution in [0.3, 0.4) is 0 Å². The molecule has 0 aliphatic heterocycles. The van der Waals surface area contributed by atoms with E-state index in [4.69, 9.17) is 11.6 Å². The molecule has 1 aromatic carbocycles. The molecule has 0 aliphatic rings. The molecule has 0 saturated heterocycles. The lowest BCUT2D eigenvalue weighted by Gasteiger charge is -2.19. The lowest BCUT2D eigenvalue weighted by Crippen LogP contribution is -2.30. The van der Waals surface area contributed by atoms with Crippen LogP contribution in [0, 0.1) is 0 Å². The lowest BCUT2D eigenvalue weighted by atomic mass is 10.1. The molecule has 6 nitrogen and oxygen atoms in total. The van der Waals surface area contributed by atoms with Crippen LogP contribution in [0.2, 0.25) is 5.15 Å². The van der Waals surface area contributed by atoms with Gasteiger partial charge in [0.1, 0.15) is 11.0 Å². The van der Waals surface area contributed by atoms with E-state index in [0.717, 1.165) is 5.56 Å². The van der Waals surface area contributed by atoms with Crippen molar-refractivity contribution in [3.8, 4) is 0 Å². The Kier molecular flexibility index (Phi) is 6.15. The van der Waals surface area contributed by atoms with Crippen molar-refractivity contribution in [2.75, 3.05) is 18.4 Å². The molecule has 0 spiro atoms. The van der Waals surface area contributed by atoms with Gasteiger partial charge in [0.05, 0.1) is 17.3 Å². The van der Waals surface area contributed by atoms with Crippen LogP contribution in [-0.2, 0) is 10.0 Å². The van der Waals surface area contributed by atoms with Crippen LogP contribution in [0.4, 0.5) is 5.82 Å². The van der Waals surface area contributed by atoms with Crippen LogP contribution in [0.15, 0.2) is 41.6 Å². The molecule has 0 saturated carbocycles. The van der Waals surface area contributed by atoms with Crippen LogP contribution in [0.5, 0.6) is 0 Å². The molecule has 0 bridgehead atoms. The zero-order valence-corrected chi connectivity index (χ0v) is 15.5. The first-order valence-electron chi connectivity index (χ1n) is 7.72. The van der Waals surface area contributed by atoms with E-state index in [0.29, 0.717) is 29.0 Å². The predicted octanol–water partition coefficient (Wildman–Crippen LogP) is 3.33. The summed E-state index contributed by atoms with van der Waals surface area (Å²) in [4.78, 5) is 8.40. The van der Waals surface area contributed by atoms with Gasteiger partial charge < -0.3 is 5.32 Å². The van der Waals surface area contributed by atoms with Crippen LogP contribution < -0.4 is 5.32 Å². The number of nitrogens with one attached hydrogen (secondary N) is 1. The van der Waals surface area contributed by atoms with Crippen molar-refractivity contribution in [3.05, 3.63) is 47.4 Å². The fourth-order valence-electron chi connectivity index (χ4n) is 2.36. The Hall–Kier alpha value is -1.70. The number of halogens is 1. The van der Waals surface area contributed by atoms with E-state index in [1.54, 1.807) is 30.5 Å². The third-order valence-corrected chi connectivity index (χ3v) is 5.94. The summed E-state index contributed by atoms with van der Waals surface area (Å²) in [5.74, 6) is 0.565. The number of rotatable bonds is 7. The average Bonchev–Trinajstić information content (AvgIpc) is 2.56. The van der Waals surface area contributed by atoms with Crippen molar-refractivity contribution in [3.63, 3.8) is 0 Å². The topological polar surface area (TPSA) is 75.2 Å². The lowest BCUT2D eigenvalue weighted by molar-refractivity contribution is 0.445. The van der Waals surface area contributed by atoms with Gasteiger partial charge in [-0.2, -0.15) is 4.31 Å². The van der Waals surface area contributed by atoms with E-state index < -0.39 is 10.0 Å². The summed E-state index contributed by atoms with van der Waals surface area (Å²) in [5.41, 5.74) is 0.940. The number of aromatic nitrogens is 2. The predicted molar refractivity (Wildman–Crippen MR) is 95.6 cm³/mol. The summed E-state index contributed by atoms with van der Waals surface area (Å²) >= 11 is 5.82. The number of benzene rings is 1. The van der Waals surface area contributed by atoms with Crippen LogP contribution in [-0.4, -0.2) is 35.8 Å². The van der Waals surface area contributed by atoms with Gasteiger partial charge in [-0.15, -0.1) is 0 Å². The van der Waals surface area contributed by atoms with Crippen LogP contribution in [0.25, 0.3) is 0 Å². The third kappa shape index (κ3) is 4.23. The number of nitrogens with zero attached hydrogens (tertiary/aromatic N) is 3. The smallest absolute Gasteiger partial charge is 0.243 e. The standard InChI is InChI=1S/C16H21ClN4O2S/c1-4-21(5-2)24(22,23)14-8-6-13(7-9-14)12(3)19-16-11-18-10-15(17)20-16/h6-12H,4-5H2,1-3H3,(H,19,20). The zero-order chi connectivity index (χ0) is 17.7. The first-order chi connectivity index (χ1) is 11.4. The molecule has 1 unspecified atom stereocenters. The quantitative estimate of drug-likeness (QED) is 0.811. The normalized spacial score (nSPS) is 13.0. The van der Waals surface area contributed by atoms with E-state index >= 15 is 0 Å². The van der Waals surface area contributed by atoms with E-state index in [1.165, 1.54) is 10.5 Å². The highest BCUT2D eigenvalue weighted by Crippen LogP contribution is 2.22. The highest BCUT2D eigenvalue weighted by molar-refractivity contribution is 7.89. The second kappa shape index (κ2) is 7.92. The Morgan fingerprint density at radius 3 is 2.33 bits per heavy atom. The second-order valence-electron chi connectivity index (χ2n) is 5.25. The minimum absolute atomic E-state index is 0.0667. The molecule has 2 aromatic rings. The molecule has 1 N–H and O–H groups in total. The molecule has 0 radical (unpaired) electrons. The Morgan fingerprint density at radius 2 is 1.79 bits per heavy atom. The summed E-state index contributed by atoms with van der Waals surface area (Å²) in [6, 6.07) is 6.79. The maximum absolute atomic E-state index is 12.5. The molecule has 0 fully saturated rings. The van der Waals surface area contributed by atoms with E-state index in [1.807, 2.05) is 20.8 Å². The first-order valence-corrected chi connectivity index (χ1v) is 9.54. The highest BCUT2D eigenvalue weighted by atomic mass is 35.5. The van der Waals surface area contributed by atoms with Crippen molar-refractivity contribution < 1.29 is 8.42 Å². The first kappa shape index (κ1) is 18.6. The Labute approximate surface area is 147 Å². The Balaban J connectivity index is 2.17. The molecule has 130 valence electrons. The van der Waals surface area contributed by atoms with Gasteiger partial charge in [-0.3, -0.25) is 4.98 Å². The SMILES string of the molecule is CCN(CC)S(=O)(=O)c1ccc(C(C)Nc2cncc(Cl)n2)cc1. The zero-order valence-electron chi connectivity index (χ0n) is 13.9. The van der Waals surface area contributed by atoms with Crippen LogP contribution in [0.1, 0.15) is 32.4 Å². The van der Waals surface area contributed by atoms with Gasteiger partial charge in [0.25, 0.3) is 0 Å². The Bertz CT molecular complexity index is 777. The number of hydrogen-bond acceptors (Lipinski definition) is 5. The molecule has 8 heteroatoms. The summed E-state index contributed by atoms with van der Waals surface area (Å²) in [5, 5.41) is 3.50. The molecular formula is C16H21ClN4O2S. The van der Waals surface area contributed by atoms with Gasteiger partial charge in [-0.1, -0.05) is 37.6 Å². The second-order valence-corrected chi connectivity index (χ2v) is 7.58. The molecular weight excluding hydrogens is 348 g/mol. The summed E-state index contributed by atoms with van der Waals surface area (Å²) in [6.45, 7) is 6.51. The highest BCUT2D eigenvalue weighted by Gasteiger charge is 2.21. The van der Waals surface area contributed by atoms with E-state index in [9.17, 15) is 8.42 Å². The monoisotopic (exact) mass is 368 g/mol. The van der Waals surface area contributed by atoms with Gasteiger partial charge in [0, 0.05) is 19.1 Å². The van der Waals surface area contributed by atoms with Crippen LogP contribution >= 0.6 is 11.6 Å². The van der Waals surface area contributed by atoms with E-state index in [2.05, 4.69) is 15.3 Å². The number of hydrogen-bond donors (Lipinski definition) is 1. The number of anilines is 1. The van der Waals surface area contributed by atoms with Gasteiger partial charge in [-0.25, -0.2) is 13.4 Å². The maximum Gasteiger partial charge on any atom is 0.243 e. The minimum atomic E-state index is -3.44. The maximum atomic E-state index is 12.5. The molecule has 24 heavy (non-hydrogen) atoms. The van der Waals surface area contributed by atoms with Crippen molar-refractivity contribution in [1.29, 1.82) is 0 Å². The molecule has 0 amide bonds. The van der Waals surface area contributed by atoms with Crippen molar-refractivity contribution >= 4 is 27.4 Å². The Morgan fingerprint density at radius 1 is 1.17 bits per heavy atom. The van der Waals surface area contributed by atoms with Gasteiger partial charge in [0.15, 0.2) is 0 Å². The van der Waals surface area contributed by atoms with Gasteiger partial charge in [0.2, 0.25) is 10.0 Å². The van der Waals surface area contributed by atoms with Crippen molar-refractivity contribution in [1.82, 2.24) is 14.3 Å². The minimum Gasteiger partial charge on any atom is -0.362 e. The molecule has 2 rings (SSSR count). The summed E-state index contributed by atoms with van der Waals surface area (Å²) < 4.78 is 26.4. The van der Waals surface area contributed by atoms with E-state index in [-0.39, 0.29) is 6.04 Å². The molecule has 1 heterocycles. The largest absolute Gasteiger partial charge is 0.362 e. The van der Waals surface area contributed by atoms with Crippen molar-refractivity contribution in [2.24, 2.45) is 0 Å². The molecule has 0 aliphatic carbocycles. The third-order valence-electron chi connectivity index (χ3n) is 3.69. The molecule has 1 aromatic heterocycles.